The third-order valence-corrected chi connectivity index (χ3v) is 3.86. The molecule has 0 saturated heterocycles. The molecule has 7 heteroatoms. The number of hydrogen-bond acceptors (Lipinski definition) is 4. The summed E-state index contributed by atoms with van der Waals surface area (Å²) in [5.41, 5.74) is 7.02. The van der Waals surface area contributed by atoms with Crippen molar-refractivity contribution in [1.29, 1.82) is 0 Å². The molecule has 0 bridgehead atoms. The van der Waals surface area contributed by atoms with E-state index < -0.39 is 5.91 Å². The Morgan fingerprint density at radius 1 is 1.07 bits per heavy atom. The minimum atomic E-state index is -0.524. The Morgan fingerprint density at radius 3 is 2.70 bits per heavy atom. The minimum Gasteiger partial charge on any atom is -0.484 e. The first-order valence-corrected chi connectivity index (χ1v) is 8.28. The van der Waals surface area contributed by atoms with Gasteiger partial charge in [0.25, 0.3) is 5.91 Å². The molecule has 27 heavy (non-hydrogen) atoms. The number of benzene rings is 3. The molecule has 4 rings (SSSR count). The first-order chi connectivity index (χ1) is 13.2. The quantitative estimate of drug-likeness (QED) is 0.427. The molecule has 3 aromatic carbocycles. The van der Waals surface area contributed by atoms with Crippen LogP contribution >= 0.6 is 0 Å². The number of aliphatic imine (C=N–C) groups is 1. The van der Waals surface area contributed by atoms with Gasteiger partial charge < -0.3 is 14.9 Å². The van der Waals surface area contributed by atoms with Crippen LogP contribution in [0, 0.1) is 0 Å². The van der Waals surface area contributed by atoms with Gasteiger partial charge in [-0.3, -0.25) is 10.1 Å². The lowest BCUT2D eigenvalue weighted by Gasteiger charge is -2.05. The first kappa shape index (κ1) is 16.6. The standard InChI is InChI=1S/C20H16N4O3/c21-19(24-20-22-16-7-3-4-8-17(16)27-20)23-18(25)12-26-15-10-9-13-5-1-2-6-14(13)11-15/h1-11H,12H2,(H3,21,22,23,24,25). The molecule has 1 heterocycles. The maximum Gasteiger partial charge on any atom is 0.302 e. The summed E-state index contributed by atoms with van der Waals surface area (Å²) in [5.74, 6) is -0.0549. The summed E-state index contributed by atoms with van der Waals surface area (Å²) in [6, 6.07) is 20.9. The topological polar surface area (TPSA) is 103 Å². The smallest absolute Gasteiger partial charge is 0.302 e. The molecule has 0 saturated carbocycles. The van der Waals surface area contributed by atoms with E-state index in [-0.39, 0.29) is 18.6 Å². The first-order valence-electron chi connectivity index (χ1n) is 8.28. The van der Waals surface area contributed by atoms with Gasteiger partial charge in [0.2, 0.25) is 5.96 Å². The van der Waals surface area contributed by atoms with Crippen LogP contribution < -0.4 is 15.8 Å². The number of nitrogens with zero attached hydrogens (tertiary/aromatic N) is 2. The fourth-order valence-electron chi connectivity index (χ4n) is 2.63. The monoisotopic (exact) mass is 360 g/mol. The second-order valence-corrected chi connectivity index (χ2v) is 5.80. The fraction of sp³-hybridized carbons (Fsp3) is 0.0500. The maximum absolute atomic E-state index is 12.0. The average molecular weight is 360 g/mol. The number of amides is 1. The molecule has 0 fully saturated rings. The number of carbonyl (C=O) groups excluding carboxylic acids is 1. The van der Waals surface area contributed by atoms with Gasteiger partial charge in [0.05, 0.1) is 0 Å². The van der Waals surface area contributed by atoms with Crippen LogP contribution in [0.15, 0.2) is 76.1 Å². The van der Waals surface area contributed by atoms with Gasteiger partial charge in [-0.05, 0) is 35.0 Å². The van der Waals surface area contributed by atoms with E-state index in [2.05, 4.69) is 15.3 Å². The van der Waals surface area contributed by atoms with Gasteiger partial charge in [0.1, 0.15) is 11.3 Å². The molecule has 0 aliphatic rings. The molecule has 1 amide bonds. The number of oxazole rings is 1. The van der Waals surface area contributed by atoms with Crippen molar-refractivity contribution in [3.05, 3.63) is 66.7 Å². The molecule has 3 N–H and O–H groups in total. The molecule has 0 atom stereocenters. The highest BCUT2D eigenvalue weighted by atomic mass is 16.5. The summed E-state index contributed by atoms with van der Waals surface area (Å²) < 4.78 is 11.0. The lowest BCUT2D eigenvalue weighted by Crippen LogP contribution is -2.25. The van der Waals surface area contributed by atoms with Crippen LogP contribution in [0.5, 0.6) is 5.75 Å². The molecule has 0 aliphatic carbocycles. The van der Waals surface area contributed by atoms with Crippen LogP contribution in [0.4, 0.5) is 6.01 Å². The zero-order valence-electron chi connectivity index (χ0n) is 14.3. The molecule has 1 aromatic heterocycles. The highest BCUT2D eigenvalue weighted by molar-refractivity contribution is 5.99. The molecule has 7 nitrogen and oxygen atoms in total. The summed E-state index contributed by atoms with van der Waals surface area (Å²) in [5, 5.41) is 4.79. The molecule has 0 spiro atoms. The van der Waals surface area contributed by atoms with E-state index in [1.807, 2.05) is 48.5 Å². The number of rotatable bonds is 4. The van der Waals surface area contributed by atoms with Crippen molar-refractivity contribution in [1.82, 2.24) is 4.98 Å². The summed E-state index contributed by atoms with van der Waals surface area (Å²) in [6.07, 6.45) is 0. The van der Waals surface area contributed by atoms with Gasteiger partial charge in [-0.15, -0.1) is 0 Å². The minimum absolute atomic E-state index is 0.117. The number of aromatic nitrogens is 1. The summed E-state index contributed by atoms with van der Waals surface area (Å²) in [4.78, 5) is 19.9. The second-order valence-electron chi connectivity index (χ2n) is 5.80. The van der Waals surface area contributed by atoms with Crippen molar-refractivity contribution in [2.24, 2.45) is 10.7 Å². The van der Waals surface area contributed by atoms with Gasteiger partial charge in [0.15, 0.2) is 12.2 Å². The van der Waals surface area contributed by atoms with Crippen molar-refractivity contribution in [2.45, 2.75) is 0 Å². The SMILES string of the molecule is N/C(=N/C(=O)COc1ccc2ccccc2c1)Nc1nc2ccccc2o1. The van der Waals surface area contributed by atoms with Gasteiger partial charge >= 0.3 is 6.01 Å². The van der Waals surface area contributed by atoms with E-state index in [0.29, 0.717) is 16.8 Å². The van der Waals surface area contributed by atoms with E-state index in [1.54, 1.807) is 18.2 Å². The van der Waals surface area contributed by atoms with Crippen molar-refractivity contribution in [2.75, 3.05) is 11.9 Å². The largest absolute Gasteiger partial charge is 0.484 e. The van der Waals surface area contributed by atoms with Crippen molar-refractivity contribution in [3.63, 3.8) is 0 Å². The zero-order chi connectivity index (χ0) is 18.6. The van der Waals surface area contributed by atoms with Crippen LogP contribution in [0.3, 0.4) is 0 Å². The average Bonchev–Trinajstić information content (AvgIpc) is 3.08. The third-order valence-electron chi connectivity index (χ3n) is 3.86. The van der Waals surface area contributed by atoms with Crippen molar-refractivity contribution < 1.29 is 13.9 Å². The summed E-state index contributed by atoms with van der Waals surface area (Å²) in [6.45, 7) is -0.228. The molecule has 0 unspecified atom stereocenters. The Kier molecular flexibility index (Phi) is 4.40. The van der Waals surface area contributed by atoms with Crippen LogP contribution in [-0.4, -0.2) is 23.5 Å². The Hall–Kier alpha value is -3.87. The number of guanidine groups is 1. The second kappa shape index (κ2) is 7.17. The van der Waals surface area contributed by atoms with Crippen LogP contribution in [0.2, 0.25) is 0 Å². The summed E-state index contributed by atoms with van der Waals surface area (Å²) >= 11 is 0. The molecule has 4 aromatic rings. The van der Waals surface area contributed by atoms with E-state index >= 15 is 0 Å². The third kappa shape index (κ3) is 3.87. The van der Waals surface area contributed by atoms with Gasteiger partial charge in [0, 0.05) is 0 Å². The number of anilines is 1. The lowest BCUT2D eigenvalue weighted by molar-refractivity contribution is -0.119. The van der Waals surface area contributed by atoms with E-state index in [4.69, 9.17) is 14.9 Å². The normalized spacial score (nSPS) is 11.6. The fourth-order valence-corrected chi connectivity index (χ4v) is 2.63. The number of carbonyl (C=O) groups is 1. The van der Waals surface area contributed by atoms with Gasteiger partial charge in [-0.1, -0.05) is 42.5 Å². The molecule has 134 valence electrons. The Morgan fingerprint density at radius 2 is 1.85 bits per heavy atom. The molecular formula is C20H16N4O3. The lowest BCUT2D eigenvalue weighted by atomic mass is 10.1. The number of ether oxygens (including phenoxy) is 1. The number of fused-ring (bicyclic) bond motifs is 2. The van der Waals surface area contributed by atoms with E-state index in [0.717, 1.165) is 10.8 Å². The summed E-state index contributed by atoms with van der Waals surface area (Å²) in [7, 11) is 0. The molecule has 0 radical (unpaired) electrons. The maximum atomic E-state index is 12.0. The number of para-hydroxylation sites is 2. The predicted molar refractivity (Wildman–Crippen MR) is 104 cm³/mol. The number of hydrogen-bond donors (Lipinski definition) is 2. The van der Waals surface area contributed by atoms with Crippen LogP contribution in [0.25, 0.3) is 21.9 Å². The predicted octanol–water partition coefficient (Wildman–Crippen LogP) is 3.31. The Bertz CT molecular complexity index is 1120. The Labute approximate surface area is 154 Å². The van der Waals surface area contributed by atoms with Gasteiger partial charge in [-0.25, -0.2) is 0 Å². The highest BCUT2D eigenvalue weighted by Crippen LogP contribution is 2.20. The van der Waals surface area contributed by atoms with Crippen molar-refractivity contribution in [3.8, 4) is 5.75 Å². The number of nitrogens with one attached hydrogen (secondary N) is 1. The number of nitrogens with two attached hydrogens (primary N) is 1. The van der Waals surface area contributed by atoms with Crippen molar-refractivity contribution >= 4 is 39.8 Å². The zero-order valence-corrected chi connectivity index (χ0v) is 14.3. The molecule has 0 aliphatic heterocycles. The molecular weight excluding hydrogens is 344 g/mol. The van der Waals surface area contributed by atoms with E-state index in [9.17, 15) is 4.79 Å². The van der Waals surface area contributed by atoms with Crippen LogP contribution in [-0.2, 0) is 4.79 Å². The highest BCUT2D eigenvalue weighted by Gasteiger charge is 2.08. The van der Waals surface area contributed by atoms with E-state index in [1.165, 1.54) is 0 Å². The van der Waals surface area contributed by atoms with Crippen LogP contribution in [0.1, 0.15) is 0 Å². The Balaban J connectivity index is 1.38. The van der Waals surface area contributed by atoms with Gasteiger partial charge in [-0.2, -0.15) is 9.98 Å².